The lowest BCUT2D eigenvalue weighted by molar-refractivity contribution is 0.514. The number of nitrogens with two attached hydrogens (primary N) is 1. The van der Waals surface area contributed by atoms with E-state index in [1.54, 1.807) is 6.20 Å². The molecule has 0 radical (unpaired) electrons. The third-order valence-electron chi connectivity index (χ3n) is 4.48. The molecule has 0 aliphatic heterocycles. The molecule has 27 heavy (non-hydrogen) atoms. The molecule has 0 atom stereocenters. The summed E-state index contributed by atoms with van der Waals surface area (Å²) in [6.07, 6.45) is 5.01. The van der Waals surface area contributed by atoms with Gasteiger partial charge >= 0.3 is 10.2 Å². The minimum atomic E-state index is -3.56. The second-order valence-corrected chi connectivity index (χ2v) is 8.60. The summed E-state index contributed by atoms with van der Waals surface area (Å²) in [5.74, 6) is 1.20. The maximum Gasteiger partial charge on any atom is 0.300 e. The predicted octanol–water partition coefficient (Wildman–Crippen LogP) is 0.498. The Hall–Kier alpha value is -2.65. The average molecular weight is 388 g/mol. The summed E-state index contributed by atoms with van der Waals surface area (Å²) >= 11 is 0. The predicted molar refractivity (Wildman–Crippen MR) is 108 cm³/mol. The largest absolute Gasteiger partial charge is 0.396 e. The minimum absolute atomic E-state index is 0.555. The molecule has 4 N–H and O–H groups in total. The number of nitrogen functional groups attached to an aromatic ring is 1. The highest BCUT2D eigenvalue weighted by molar-refractivity contribution is 7.87. The second kappa shape index (κ2) is 7.16. The van der Waals surface area contributed by atoms with E-state index in [1.165, 1.54) is 14.1 Å². The van der Waals surface area contributed by atoms with Gasteiger partial charge in [0.2, 0.25) is 0 Å². The average Bonchev–Trinajstić information content (AvgIpc) is 2.60. The number of fused-ring (bicyclic) bond motifs is 1. The lowest BCUT2D eigenvalue weighted by atomic mass is 10.1. The molecule has 0 saturated carbocycles. The number of hydrogen-bond donors (Lipinski definition) is 3. The van der Waals surface area contributed by atoms with Gasteiger partial charge in [-0.25, -0.2) is 9.97 Å². The van der Waals surface area contributed by atoms with Crippen molar-refractivity contribution in [3.8, 4) is 0 Å². The van der Waals surface area contributed by atoms with Crippen molar-refractivity contribution in [3.05, 3.63) is 40.0 Å². The molecule has 0 unspecified atom stereocenters. The number of nitrogens with zero attached hydrogens (tertiary/aromatic N) is 3. The van der Waals surface area contributed by atoms with Gasteiger partial charge in [-0.05, 0) is 49.9 Å². The molecule has 2 aromatic rings. The second-order valence-electron chi connectivity index (χ2n) is 6.71. The van der Waals surface area contributed by atoms with Crippen molar-refractivity contribution in [2.45, 2.75) is 26.7 Å². The van der Waals surface area contributed by atoms with Crippen LogP contribution in [0.25, 0.3) is 11.8 Å². The van der Waals surface area contributed by atoms with Crippen LogP contribution >= 0.6 is 0 Å². The molecule has 2 heterocycles. The summed E-state index contributed by atoms with van der Waals surface area (Å²) in [7, 11) is -0.571. The fraction of sp³-hybridized carbons (Fsp3) is 0.333. The molecule has 9 heteroatoms. The van der Waals surface area contributed by atoms with Crippen LogP contribution in [0.4, 0.5) is 17.3 Å². The van der Waals surface area contributed by atoms with E-state index in [0.717, 1.165) is 26.0 Å². The zero-order chi connectivity index (χ0) is 19.8. The van der Waals surface area contributed by atoms with E-state index in [1.807, 2.05) is 32.1 Å². The van der Waals surface area contributed by atoms with Crippen LogP contribution in [-0.4, -0.2) is 36.8 Å². The summed E-state index contributed by atoms with van der Waals surface area (Å²) in [6.45, 7) is 3.83. The van der Waals surface area contributed by atoms with Gasteiger partial charge in [-0.2, -0.15) is 12.7 Å². The molecule has 0 fully saturated rings. The summed E-state index contributed by atoms with van der Waals surface area (Å²) < 4.78 is 28.2. The highest BCUT2D eigenvalue weighted by Gasteiger charge is 2.17. The Labute approximate surface area is 159 Å². The number of hydrogen-bond acceptors (Lipinski definition) is 6. The van der Waals surface area contributed by atoms with Gasteiger partial charge in [0.1, 0.15) is 5.82 Å². The van der Waals surface area contributed by atoms with E-state index in [4.69, 9.17) is 5.73 Å². The number of nitrogens with one attached hydrogen (secondary N) is 2. The zero-order valence-electron chi connectivity index (χ0n) is 15.9. The monoisotopic (exact) mass is 388 g/mol. The summed E-state index contributed by atoms with van der Waals surface area (Å²) in [5.41, 5.74) is 9.12. The van der Waals surface area contributed by atoms with Gasteiger partial charge in [0.25, 0.3) is 0 Å². The molecule has 0 spiro atoms. The highest BCUT2D eigenvalue weighted by atomic mass is 32.2. The topological polar surface area (TPSA) is 113 Å². The van der Waals surface area contributed by atoms with E-state index in [2.05, 4.69) is 20.0 Å². The minimum Gasteiger partial charge on any atom is -0.396 e. The van der Waals surface area contributed by atoms with E-state index in [0.29, 0.717) is 35.9 Å². The van der Waals surface area contributed by atoms with Crippen molar-refractivity contribution in [2.24, 2.45) is 0 Å². The smallest absolute Gasteiger partial charge is 0.300 e. The van der Waals surface area contributed by atoms with Crippen molar-refractivity contribution < 1.29 is 8.42 Å². The molecule has 1 aliphatic rings. The van der Waals surface area contributed by atoms with Crippen molar-refractivity contribution >= 4 is 39.3 Å². The quantitative estimate of drug-likeness (QED) is 0.687. The molecule has 144 valence electrons. The molecule has 0 aromatic carbocycles. The van der Waals surface area contributed by atoms with Crippen LogP contribution in [0.15, 0.2) is 18.3 Å². The van der Waals surface area contributed by atoms with E-state index in [9.17, 15) is 8.42 Å². The highest BCUT2D eigenvalue weighted by Crippen LogP contribution is 2.23. The van der Waals surface area contributed by atoms with Crippen LogP contribution in [0.1, 0.15) is 24.0 Å². The maximum atomic E-state index is 12.2. The van der Waals surface area contributed by atoms with Gasteiger partial charge in [0.05, 0.1) is 11.0 Å². The van der Waals surface area contributed by atoms with E-state index in [-0.39, 0.29) is 0 Å². The summed E-state index contributed by atoms with van der Waals surface area (Å²) in [4.78, 5) is 8.95. The van der Waals surface area contributed by atoms with Crippen molar-refractivity contribution in [3.63, 3.8) is 0 Å². The number of aryl methyl sites for hydroxylation is 2. The first-order valence-corrected chi connectivity index (χ1v) is 10.0. The lowest BCUT2D eigenvalue weighted by Gasteiger charge is -2.18. The maximum absolute atomic E-state index is 12.2. The van der Waals surface area contributed by atoms with Crippen LogP contribution in [0.5, 0.6) is 0 Å². The van der Waals surface area contributed by atoms with Crippen molar-refractivity contribution in [1.82, 2.24) is 19.0 Å². The Morgan fingerprint density at radius 1 is 1.19 bits per heavy atom. The van der Waals surface area contributed by atoms with Crippen LogP contribution in [0, 0.1) is 13.8 Å². The van der Waals surface area contributed by atoms with Crippen LogP contribution in [-0.2, 0) is 10.2 Å². The van der Waals surface area contributed by atoms with Gasteiger partial charge in [0.15, 0.2) is 5.82 Å². The Morgan fingerprint density at radius 3 is 2.63 bits per heavy atom. The Kier molecular flexibility index (Phi) is 5.07. The molecule has 1 aliphatic carbocycles. The summed E-state index contributed by atoms with van der Waals surface area (Å²) in [5, 5.41) is 4.71. The Balaban J connectivity index is 2.06. The molecule has 8 nitrogen and oxygen atoms in total. The third-order valence-corrected chi connectivity index (χ3v) is 5.94. The van der Waals surface area contributed by atoms with Crippen molar-refractivity contribution in [1.29, 1.82) is 0 Å². The molecule has 3 rings (SSSR count). The number of pyridine rings is 2. The first kappa shape index (κ1) is 19.1. The fourth-order valence-electron chi connectivity index (χ4n) is 2.77. The number of aromatic nitrogens is 2. The molecule has 0 bridgehead atoms. The van der Waals surface area contributed by atoms with Crippen molar-refractivity contribution in [2.75, 3.05) is 25.1 Å². The first-order chi connectivity index (χ1) is 12.7. The fourth-order valence-corrected chi connectivity index (χ4v) is 3.48. The van der Waals surface area contributed by atoms with Crippen LogP contribution in [0.3, 0.4) is 0 Å². The van der Waals surface area contributed by atoms with E-state index >= 15 is 0 Å². The number of rotatable bonds is 5. The van der Waals surface area contributed by atoms with Gasteiger partial charge in [-0.3, -0.25) is 4.72 Å². The SMILES string of the molecule is Cc1cc2c(nc1Nc1nccc(C)c1N)=CCCC=2NS(=O)(=O)N(C)C. The molecule has 2 aromatic heterocycles. The lowest BCUT2D eigenvalue weighted by Crippen LogP contribution is -2.42. The molecular formula is C18H24N6O2S. The van der Waals surface area contributed by atoms with Crippen LogP contribution in [0.2, 0.25) is 0 Å². The molecule has 0 amide bonds. The summed E-state index contributed by atoms with van der Waals surface area (Å²) in [6, 6.07) is 3.78. The van der Waals surface area contributed by atoms with E-state index < -0.39 is 10.2 Å². The van der Waals surface area contributed by atoms with Gasteiger partial charge in [-0.1, -0.05) is 6.08 Å². The standard InChI is InChI=1S/C18H24N6O2S/c1-11-8-9-20-18(16(11)19)22-17-12(2)10-13-14(21-17)6-5-7-15(13)23-27(25,26)24(3)4/h6,8-10,23H,5,7,19H2,1-4H3,(H,20,21,22). The van der Waals surface area contributed by atoms with Gasteiger partial charge in [0, 0.05) is 31.2 Å². The number of anilines is 3. The third kappa shape index (κ3) is 3.88. The zero-order valence-corrected chi connectivity index (χ0v) is 16.7. The Bertz CT molecular complexity index is 1110. The Morgan fingerprint density at radius 2 is 1.93 bits per heavy atom. The van der Waals surface area contributed by atoms with Gasteiger partial charge in [-0.15, -0.1) is 0 Å². The molecule has 0 saturated heterocycles. The van der Waals surface area contributed by atoms with Crippen LogP contribution < -0.4 is 26.3 Å². The van der Waals surface area contributed by atoms with Gasteiger partial charge < -0.3 is 11.1 Å². The molecular weight excluding hydrogens is 364 g/mol. The first-order valence-electron chi connectivity index (χ1n) is 8.58. The normalized spacial score (nSPS) is 13.9.